The Morgan fingerprint density at radius 1 is 0.900 bits per heavy atom. The number of nitro benzene ring substituents is 1. The molecule has 0 aliphatic heterocycles. The van der Waals surface area contributed by atoms with Crippen LogP contribution in [0.1, 0.15) is 23.4 Å². The Morgan fingerprint density at radius 2 is 1.68 bits per heavy atom. The van der Waals surface area contributed by atoms with Crippen LogP contribution in [0.15, 0.2) is 101 Å². The van der Waals surface area contributed by atoms with Crippen LogP contribution in [-0.2, 0) is 17.9 Å². The van der Waals surface area contributed by atoms with Gasteiger partial charge in [-0.3, -0.25) is 14.7 Å². The smallest absolute Gasteiger partial charge is 0.283 e. The number of nitrogens with zero attached hydrogens (tertiary/aromatic N) is 5. The Kier molecular flexibility index (Phi) is 9.15. The molecule has 0 amide bonds. The molecule has 5 aromatic rings. The van der Waals surface area contributed by atoms with E-state index in [0.29, 0.717) is 15.8 Å². The van der Waals surface area contributed by atoms with E-state index in [4.69, 9.17) is 0 Å². The van der Waals surface area contributed by atoms with Gasteiger partial charge in [-0.25, -0.2) is 0 Å². The van der Waals surface area contributed by atoms with E-state index >= 15 is 0 Å². The maximum Gasteiger partial charge on any atom is 0.283 e. The number of rotatable bonds is 12. The molecule has 1 aromatic heterocycles. The number of hydrogen-bond acceptors (Lipinski definition) is 7. The van der Waals surface area contributed by atoms with Crippen LogP contribution in [0.2, 0.25) is 0 Å². The number of thioether (sulfide) groups is 1. The topological polar surface area (TPSA) is 77.1 Å². The van der Waals surface area contributed by atoms with Gasteiger partial charge in [0.15, 0.2) is 0 Å². The van der Waals surface area contributed by atoms with Crippen LogP contribution >= 0.6 is 23.5 Å². The minimum absolute atomic E-state index is 0.0989. The molecule has 5 rings (SSSR count). The van der Waals surface area contributed by atoms with Gasteiger partial charge in [-0.2, -0.15) is 0 Å². The van der Waals surface area contributed by atoms with Gasteiger partial charge in [0.1, 0.15) is 5.82 Å². The fourth-order valence-electron chi connectivity index (χ4n) is 4.61. The van der Waals surface area contributed by atoms with E-state index in [0.717, 1.165) is 42.2 Å². The van der Waals surface area contributed by atoms with Crippen molar-refractivity contribution in [3.05, 3.63) is 118 Å². The molecule has 4 aromatic carbocycles. The minimum Gasteiger partial charge on any atom is -0.309 e. The van der Waals surface area contributed by atoms with Gasteiger partial charge in [0.2, 0.25) is 5.16 Å². The minimum atomic E-state index is -0.304. The fraction of sp³-hybridized carbons (Fsp3) is 0.226. The lowest BCUT2D eigenvalue weighted by atomic mass is 10.1. The number of fused-ring (bicyclic) bond motifs is 1. The molecule has 9 heteroatoms. The average molecular weight is 570 g/mol. The maximum absolute atomic E-state index is 12.0. The van der Waals surface area contributed by atoms with Crippen molar-refractivity contribution < 1.29 is 4.92 Å². The summed E-state index contributed by atoms with van der Waals surface area (Å²) in [5.41, 5.74) is 3.28. The predicted octanol–water partition coefficient (Wildman–Crippen LogP) is 7.41. The zero-order chi connectivity index (χ0) is 27.9. The molecule has 1 heterocycles. The third kappa shape index (κ3) is 6.72. The van der Waals surface area contributed by atoms with Crippen molar-refractivity contribution in [1.29, 1.82) is 0 Å². The predicted molar refractivity (Wildman–Crippen MR) is 164 cm³/mol. The Hall–Kier alpha value is -3.66. The molecule has 0 spiro atoms. The van der Waals surface area contributed by atoms with E-state index in [1.54, 1.807) is 17.8 Å². The van der Waals surface area contributed by atoms with Crippen molar-refractivity contribution in [2.24, 2.45) is 0 Å². The molecule has 0 unspecified atom stereocenters. The standard InChI is InChI=1S/C31H31N5O2S2/c1-34(2)19-9-10-23-17-18-29(28(20-23)36(37)38)40-31-33-32-30(35(31)26-14-4-3-5-15-26)22-39-21-25-13-8-12-24-11-6-7-16-27(24)25/h3-8,11-18,20H,9-10,19,21-22H2,1-2H3. The number of para-hydroxylation sites is 1. The van der Waals surface area contributed by atoms with E-state index in [1.807, 2.05) is 61.1 Å². The SMILES string of the molecule is CN(C)CCCc1ccc(Sc2nnc(CSCc3cccc4ccccc34)n2-c2ccccc2)c([N+](=O)[O-])c1. The van der Waals surface area contributed by atoms with E-state index in [-0.39, 0.29) is 10.6 Å². The second-order valence-electron chi connectivity index (χ2n) is 9.77. The molecule has 0 aliphatic carbocycles. The van der Waals surface area contributed by atoms with Crippen LogP contribution in [0.5, 0.6) is 0 Å². The van der Waals surface area contributed by atoms with Crippen molar-refractivity contribution in [3.8, 4) is 5.69 Å². The lowest BCUT2D eigenvalue weighted by molar-refractivity contribution is -0.387. The number of nitro groups is 1. The Morgan fingerprint density at radius 3 is 2.48 bits per heavy atom. The third-order valence-electron chi connectivity index (χ3n) is 6.58. The van der Waals surface area contributed by atoms with Crippen LogP contribution in [0, 0.1) is 10.1 Å². The zero-order valence-electron chi connectivity index (χ0n) is 22.6. The van der Waals surface area contributed by atoms with Gasteiger partial charge in [-0.05, 0) is 85.3 Å². The van der Waals surface area contributed by atoms with Gasteiger partial charge in [-0.1, -0.05) is 66.7 Å². The normalized spacial score (nSPS) is 11.4. The first-order chi connectivity index (χ1) is 19.5. The monoisotopic (exact) mass is 569 g/mol. The first kappa shape index (κ1) is 27.9. The summed E-state index contributed by atoms with van der Waals surface area (Å²) in [6.45, 7) is 0.936. The largest absolute Gasteiger partial charge is 0.309 e. The maximum atomic E-state index is 12.0. The van der Waals surface area contributed by atoms with Crippen molar-refractivity contribution in [2.75, 3.05) is 20.6 Å². The highest BCUT2D eigenvalue weighted by Gasteiger charge is 2.21. The van der Waals surface area contributed by atoms with Crippen molar-refractivity contribution in [3.63, 3.8) is 0 Å². The molecule has 0 radical (unpaired) electrons. The molecule has 0 saturated carbocycles. The van der Waals surface area contributed by atoms with Gasteiger partial charge in [-0.15, -0.1) is 22.0 Å². The van der Waals surface area contributed by atoms with Crippen LogP contribution in [0.25, 0.3) is 16.5 Å². The van der Waals surface area contributed by atoms with E-state index < -0.39 is 0 Å². The highest BCUT2D eigenvalue weighted by atomic mass is 32.2. The molecule has 40 heavy (non-hydrogen) atoms. The van der Waals surface area contributed by atoms with Gasteiger partial charge in [0, 0.05) is 17.5 Å². The summed E-state index contributed by atoms with van der Waals surface area (Å²) >= 11 is 3.06. The molecule has 204 valence electrons. The Bertz CT molecular complexity index is 1600. The Labute approximate surface area is 242 Å². The summed E-state index contributed by atoms with van der Waals surface area (Å²) in [7, 11) is 4.06. The van der Waals surface area contributed by atoms with Gasteiger partial charge in [0.05, 0.1) is 15.6 Å². The van der Waals surface area contributed by atoms with Gasteiger partial charge < -0.3 is 4.90 Å². The zero-order valence-corrected chi connectivity index (χ0v) is 24.2. The summed E-state index contributed by atoms with van der Waals surface area (Å²) in [5, 5.41) is 24.1. The molecular formula is C31H31N5O2S2. The number of aromatic nitrogens is 3. The summed E-state index contributed by atoms with van der Waals surface area (Å²) < 4.78 is 2.01. The van der Waals surface area contributed by atoms with E-state index in [9.17, 15) is 10.1 Å². The first-order valence-corrected chi connectivity index (χ1v) is 15.1. The summed E-state index contributed by atoms with van der Waals surface area (Å²) in [5.74, 6) is 2.30. The average Bonchev–Trinajstić information content (AvgIpc) is 3.36. The lowest BCUT2D eigenvalue weighted by Gasteiger charge is -2.12. The van der Waals surface area contributed by atoms with E-state index in [1.165, 1.54) is 28.1 Å². The molecule has 0 atom stereocenters. The molecule has 0 fully saturated rings. The lowest BCUT2D eigenvalue weighted by Crippen LogP contribution is -2.13. The third-order valence-corrected chi connectivity index (χ3v) is 8.56. The summed E-state index contributed by atoms with van der Waals surface area (Å²) in [6.07, 6.45) is 1.74. The molecule has 7 nitrogen and oxygen atoms in total. The Balaban J connectivity index is 1.39. The highest BCUT2D eigenvalue weighted by molar-refractivity contribution is 7.99. The molecule has 0 N–H and O–H groups in total. The number of benzene rings is 4. The quantitative estimate of drug-likeness (QED) is 0.114. The van der Waals surface area contributed by atoms with Crippen molar-refractivity contribution in [1.82, 2.24) is 19.7 Å². The van der Waals surface area contributed by atoms with Gasteiger partial charge >= 0.3 is 0 Å². The number of aryl methyl sites for hydroxylation is 1. The molecule has 0 aliphatic rings. The second kappa shape index (κ2) is 13.1. The van der Waals surface area contributed by atoms with E-state index in [2.05, 4.69) is 57.6 Å². The second-order valence-corrected chi connectivity index (χ2v) is 11.8. The van der Waals surface area contributed by atoms with Crippen molar-refractivity contribution in [2.45, 2.75) is 34.4 Å². The van der Waals surface area contributed by atoms with Crippen LogP contribution in [0.4, 0.5) is 5.69 Å². The highest BCUT2D eigenvalue weighted by Crippen LogP contribution is 2.37. The molecular weight excluding hydrogens is 539 g/mol. The van der Waals surface area contributed by atoms with Crippen LogP contribution in [-0.4, -0.2) is 45.2 Å². The first-order valence-electron chi connectivity index (χ1n) is 13.1. The van der Waals surface area contributed by atoms with Gasteiger partial charge in [0.25, 0.3) is 5.69 Å². The van der Waals surface area contributed by atoms with Crippen molar-refractivity contribution >= 4 is 40.0 Å². The molecule has 0 bridgehead atoms. The summed E-state index contributed by atoms with van der Waals surface area (Å²) in [4.78, 5) is 14.4. The van der Waals surface area contributed by atoms with Crippen LogP contribution < -0.4 is 0 Å². The summed E-state index contributed by atoms with van der Waals surface area (Å²) in [6, 6.07) is 30.3. The van der Waals surface area contributed by atoms with Crippen LogP contribution in [0.3, 0.4) is 0 Å². The molecule has 0 saturated heterocycles. The fourth-order valence-corrected chi connectivity index (χ4v) is 6.51. The number of hydrogen-bond donors (Lipinski definition) is 0.